The SMILES string of the molecule is COc1ccc(C(=O)Nc2nnc(-c3cccs3)o2)c(F)c1. The molecule has 1 N–H and O–H groups in total. The summed E-state index contributed by atoms with van der Waals surface area (Å²) in [5.41, 5.74) is -0.142. The van der Waals surface area contributed by atoms with E-state index in [1.54, 1.807) is 0 Å². The first kappa shape index (κ1) is 14.2. The van der Waals surface area contributed by atoms with Crippen LogP contribution in [0.3, 0.4) is 0 Å². The second-order valence-electron chi connectivity index (χ2n) is 4.19. The molecule has 1 amide bonds. The van der Waals surface area contributed by atoms with Crippen molar-refractivity contribution in [1.29, 1.82) is 0 Å². The van der Waals surface area contributed by atoms with Crippen LogP contribution < -0.4 is 10.1 Å². The predicted octanol–water partition coefficient (Wildman–Crippen LogP) is 3.20. The molecule has 112 valence electrons. The monoisotopic (exact) mass is 319 g/mol. The second-order valence-corrected chi connectivity index (χ2v) is 5.14. The Labute approximate surface area is 128 Å². The molecule has 0 saturated heterocycles. The molecule has 2 heterocycles. The number of rotatable bonds is 4. The van der Waals surface area contributed by atoms with Crippen molar-refractivity contribution in [2.75, 3.05) is 12.4 Å². The first-order valence-corrected chi connectivity index (χ1v) is 7.07. The number of ether oxygens (including phenoxy) is 1. The molecular weight excluding hydrogens is 309 g/mol. The average Bonchev–Trinajstić information content (AvgIpc) is 3.17. The van der Waals surface area contributed by atoms with Gasteiger partial charge in [-0.3, -0.25) is 10.1 Å². The topological polar surface area (TPSA) is 77.2 Å². The molecule has 0 bridgehead atoms. The van der Waals surface area contributed by atoms with Crippen LogP contribution in [0, 0.1) is 5.82 Å². The van der Waals surface area contributed by atoms with Crippen molar-refractivity contribution in [3.63, 3.8) is 0 Å². The van der Waals surface area contributed by atoms with Crippen LogP contribution in [0.4, 0.5) is 10.4 Å². The Balaban J connectivity index is 1.77. The van der Waals surface area contributed by atoms with Crippen molar-refractivity contribution < 1.29 is 18.3 Å². The molecule has 1 aromatic carbocycles. The molecule has 22 heavy (non-hydrogen) atoms. The minimum atomic E-state index is -0.699. The fourth-order valence-electron chi connectivity index (χ4n) is 1.74. The quantitative estimate of drug-likeness (QED) is 0.799. The molecule has 0 aliphatic rings. The highest BCUT2D eigenvalue weighted by atomic mass is 32.1. The van der Waals surface area contributed by atoms with E-state index in [2.05, 4.69) is 15.5 Å². The number of carbonyl (C=O) groups is 1. The van der Waals surface area contributed by atoms with Crippen molar-refractivity contribution in [3.8, 4) is 16.5 Å². The van der Waals surface area contributed by atoms with Crippen LogP contribution in [0.25, 0.3) is 10.8 Å². The lowest BCUT2D eigenvalue weighted by Gasteiger charge is -2.04. The van der Waals surface area contributed by atoms with Crippen molar-refractivity contribution in [2.24, 2.45) is 0 Å². The molecule has 3 aromatic rings. The van der Waals surface area contributed by atoms with Crippen molar-refractivity contribution in [2.45, 2.75) is 0 Å². The molecule has 0 fully saturated rings. The summed E-state index contributed by atoms with van der Waals surface area (Å²) in [6.45, 7) is 0. The van der Waals surface area contributed by atoms with E-state index in [1.807, 2.05) is 17.5 Å². The minimum Gasteiger partial charge on any atom is -0.497 e. The van der Waals surface area contributed by atoms with Crippen LogP contribution in [0.5, 0.6) is 5.75 Å². The van der Waals surface area contributed by atoms with Gasteiger partial charge in [0.2, 0.25) is 0 Å². The van der Waals surface area contributed by atoms with Gasteiger partial charge in [-0.15, -0.1) is 16.4 Å². The Kier molecular flexibility index (Phi) is 3.84. The van der Waals surface area contributed by atoms with Gasteiger partial charge in [-0.2, -0.15) is 0 Å². The normalized spacial score (nSPS) is 10.5. The lowest BCUT2D eigenvalue weighted by atomic mass is 10.2. The zero-order valence-corrected chi connectivity index (χ0v) is 12.2. The maximum Gasteiger partial charge on any atom is 0.322 e. The van der Waals surface area contributed by atoms with Crippen LogP contribution in [0.1, 0.15) is 10.4 Å². The summed E-state index contributed by atoms with van der Waals surface area (Å²) in [6, 6.07) is 7.49. The van der Waals surface area contributed by atoms with E-state index in [4.69, 9.17) is 9.15 Å². The van der Waals surface area contributed by atoms with Crippen LogP contribution in [0.15, 0.2) is 40.1 Å². The Morgan fingerprint density at radius 2 is 2.23 bits per heavy atom. The molecule has 3 rings (SSSR count). The summed E-state index contributed by atoms with van der Waals surface area (Å²) in [5.74, 6) is -0.760. The third-order valence-electron chi connectivity index (χ3n) is 2.80. The summed E-state index contributed by atoms with van der Waals surface area (Å²) >= 11 is 1.43. The van der Waals surface area contributed by atoms with Crippen molar-refractivity contribution >= 4 is 23.3 Å². The average molecular weight is 319 g/mol. The largest absolute Gasteiger partial charge is 0.497 e. The number of methoxy groups -OCH3 is 1. The van der Waals surface area contributed by atoms with Gasteiger partial charge in [0.05, 0.1) is 17.6 Å². The zero-order chi connectivity index (χ0) is 15.5. The highest BCUT2D eigenvalue weighted by Crippen LogP contribution is 2.24. The fraction of sp³-hybridized carbons (Fsp3) is 0.0714. The van der Waals surface area contributed by atoms with E-state index in [1.165, 1.54) is 30.6 Å². The van der Waals surface area contributed by atoms with Gasteiger partial charge < -0.3 is 9.15 Å². The van der Waals surface area contributed by atoms with Gasteiger partial charge in [-0.05, 0) is 23.6 Å². The molecule has 8 heteroatoms. The van der Waals surface area contributed by atoms with Gasteiger partial charge in [0.25, 0.3) is 11.8 Å². The van der Waals surface area contributed by atoms with Crippen LogP contribution in [-0.2, 0) is 0 Å². The van der Waals surface area contributed by atoms with Crippen molar-refractivity contribution in [1.82, 2.24) is 10.2 Å². The maximum atomic E-state index is 13.8. The predicted molar refractivity (Wildman–Crippen MR) is 78.5 cm³/mol. The third kappa shape index (κ3) is 2.82. The standard InChI is InChI=1S/C14H10FN3O3S/c1-20-8-4-5-9(10(15)7-8)12(19)16-14-18-17-13(21-14)11-3-2-6-22-11/h2-7H,1H3,(H,16,18,19). The summed E-state index contributed by atoms with van der Waals surface area (Å²) in [6.07, 6.45) is 0. The molecule has 0 spiro atoms. The van der Waals surface area contributed by atoms with E-state index in [-0.39, 0.29) is 11.6 Å². The highest BCUT2D eigenvalue weighted by molar-refractivity contribution is 7.13. The molecule has 0 atom stereocenters. The molecule has 0 saturated carbocycles. The Morgan fingerprint density at radius 1 is 1.36 bits per heavy atom. The van der Waals surface area contributed by atoms with Crippen molar-refractivity contribution in [3.05, 3.63) is 47.1 Å². The molecule has 0 aliphatic carbocycles. The van der Waals surface area contributed by atoms with E-state index in [9.17, 15) is 9.18 Å². The Hall–Kier alpha value is -2.74. The number of halogens is 1. The molecule has 0 unspecified atom stereocenters. The number of thiophene rings is 1. The van der Waals surface area contributed by atoms with Gasteiger partial charge in [-0.25, -0.2) is 4.39 Å². The highest BCUT2D eigenvalue weighted by Gasteiger charge is 2.16. The number of anilines is 1. The number of benzene rings is 1. The Morgan fingerprint density at radius 3 is 2.91 bits per heavy atom. The lowest BCUT2D eigenvalue weighted by Crippen LogP contribution is -2.14. The van der Waals surface area contributed by atoms with Gasteiger partial charge in [0.15, 0.2) is 0 Å². The Bertz CT molecular complexity index is 802. The van der Waals surface area contributed by atoms with Gasteiger partial charge in [0.1, 0.15) is 11.6 Å². The number of carbonyl (C=O) groups excluding carboxylic acids is 1. The number of aromatic nitrogens is 2. The van der Waals surface area contributed by atoms with E-state index >= 15 is 0 Å². The van der Waals surface area contributed by atoms with E-state index in [0.29, 0.717) is 11.6 Å². The summed E-state index contributed by atoms with van der Waals surface area (Å²) in [5, 5.41) is 11.8. The number of hydrogen-bond acceptors (Lipinski definition) is 6. The number of nitrogens with zero attached hydrogens (tertiary/aromatic N) is 2. The molecular formula is C14H10FN3O3S. The third-order valence-corrected chi connectivity index (χ3v) is 3.66. The van der Waals surface area contributed by atoms with Crippen LogP contribution in [0.2, 0.25) is 0 Å². The minimum absolute atomic E-state index is 0.0939. The first-order valence-electron chi connectivity index (χ1n) is 6.19. The molecule has 0 radical (unpaired) electrons. The number of nitrogens with one attached hydrogen (secondary N) is 1. The zero-order valence-electron chi connectivity index (χ0n) is 11.4. The van der Waals surface area contributed by atoms with Crippen LogP contribution >= 0.6 is 11.3 Å². The summed E-state index contributed by atoms with van der Waals surface area (Å²) in [4.78, 5) is 12.8. The fourth-order valence-corrected chi connectivity index (χ4v) is 2.39. The molecule has 6 nitrogen and oxygen atoms in total. The molecule has 2 aromatic heterocycles. The summed E-state index contributed by atoms with van der Waals surface area (Å²) < 4.78 is 24.0. The summed E-state index contributed by atoms with van der Waals surface area (Å²) in [7, 11) is 1.42. The smallest absolute Gasteiger partial charge is 0.322 e. The maximum absolute atomic E-state index is 13.8. The van der Waals surface area contributed by atoms with Gasteiger partial charge in [-0.1, -0.05) is 11.2 Å². The molecule has 0 aliphatic heterocycles. The van der Waals surface area contributed by atoms with Gasteiger partial charge in [0, 0.05) is 6.07 Å². The number of hydrogen-bond donors (Lipinski definition) is 1. The van der Waals surface area contributed by atoms with E-state index in [0.717, 1.165) is 10.9 Å². The number of amides is 1. The van der Waals surface area contributed by atoms with Gasteiger partial charge >= 0.3 is 6.01 Å². The lowest BCUT2D eigenvalue weighted by molar-refractivity contribution is 0.102. The second kappa shape index (κ2) is 5.94. The first-order chi connectivity index (χ1) is 10.7. The van der Waals surface area contributed by atoms with E-state index < -0.39 is 11.7 Å². The van der Waals surface area contributed by atoms with Crippen LogP contribution in [-0.4, -0.2) is 23.2 Å².